The summed E-state index contributed by atoms with van der Waals surface area (Å²) in [4.78, 5) is 14.6. The second kappa shape index (κ2) is 4.37. The number of imidazole rings is 1. The lowest BCUT2D eigenvalue weighted by Crippen LogP contribution is -2.24. The van der Waals surface area contributed by atoms with Gasteiger partial charge in [-0.05, 0) is 19.3 Å². The highest BCUT2D eigenvalue weighted by molar-refractivity contribution is 5.71. The van der Waals surface area contributed by atoms with Gasteiger partial charge in [-0.2, -0.15) is 0 Å². The molecule has 0 amide bonds. The molecule has 0 aliphatic carbocycles. The highest BCUT2D eigenvalue weighted by Gasteiger charge is 2.15. The third kappa shape index (κ3) is 2.01. The Bertz CT molecular complexity index is 303. The van der Waals surface area contributed by atoms with E-state index in [2.05, 4.69) is 4.98 Å². The lowest BCUT2D eigenvalue weighted by atomic mass is 10.1. The Labute approximate surface area is 82.9 Å². The minimum atomic E-state index is 0.247. The van der Waals surface area contributed by atoms with Crippen molar-refractivity contribution in [2.24, 2.45) is 0 Å². The molecule has 0 saturated carbocycles. The quantitative estimate of drug-likeness (QED) is 0.680. The van der Waals surface area contributed by atoms with Crippen LogP contribution in [0.5, 0.6) is 0 Å². The largest absolute Gasteiger partial charge is 0.376 e. The van der Waals surface area contributed by atoms with Crippen molar-refractivity contribution in [2.45, 2.75) is 31.9 Å². The van der Waals surface area contributed by atoms with Crippen LogP contribution in [0.1, 0.15) is 29.8 Å². The molecular weight excluding hydrogens is 180 g/mol. The summed E-state index contributed by atoms with van der Waals surface area (Å²) in [6.07, 6.45) is 7.79. The van der Waals surface area contributed by atoms with Crippen molar-refractivity contribution >= 4 is 6.29 Å². The first-order valence-corrected chi connectivity index (χ1v) is 4.97. The molecule has 0 aromatic carbocycles. The number of rotatable bonds is 3. The van der Waals surface area contributed by atoms with Crippen LogP contribution in [0.15, 0.2) is 12.5 Å². The van der Waals surface area contributed by atoms with Crippen molar-refractivity contribution < 1.29 is 9.53 Å². The highest BCUT2D eigenvalue weighted by Crippen LogP contribution is 2.14. The van der Waals surface area contributed by atoms with E-state index in [4.69, 9.17) is 4.74 Å². The van der Waals surface area contributed by atoms with Gasteiger partial charge in [0.25, 0.3) is 0 Å². The molecule has 2 heterocycles. The maximum atomic E-state index is 10.6. The van der Waals surface area contributed by atoms with Crippen molar-refractivity contribution in [1.82, 2.24) is 9.55 Å². The summed E-state index contributed by atoms with van der Waals surface area (Å²) in [5, 5.41) is 0. The molecule has 2 rings (SSSR count). The van der Waals surface area contributed by atoms with E-state index in [0.29, 0.717) is 5.69 Å². The number of carbonyl (C=O) groups excluding carboxylic acids is 1. The fourth-order valence-corrected chi connectivity index (χ4v) is 1.75. The summed E-state index contributed by atoms with van der Waals surface area (Å²) in [6, 6.07) is 0. The van der Waals surface area contributed by atoms with Gasteiger partial charge in [0.2, 0.25) is 0 Å². The molecule has 1 aromatic heterocycles. The van der Waals surface area contributed by atoms with E-state index in [1.807, 2.05) is 4.57 Å². The van der Waals surface area contributed by atoms with E-state index in [1.165, 1.54) is 6.42 Å². The molecule has 0 N–H and O–H groups in total. The fraction of sp³-hybridized carbons (Fsp3) is 0.600. The molecule has 0 spiro atoms. The van der Waals surface area contributed by atoms with Gasteiger partial charge in [0.05, 0.1) is 25.2 Å². The van der Waals surface area contributed by atoms with E-state index in [0.717, 1.165) is 32.3 Å². The van der Waals surface area contributed by atoms with E-state index in [1.54, 1.807) is 12.5 Å². The summed E-state index contributed by atoms with van der Waals surface area (Å²) < 4.78 is 7.44. The third-order valence-electron chi connectivity index (χ3n) is 2.54. The number of aldehydes is 1. The molecule has 0 radical (unpaired) electrons. The van der Waals surface area contributed by atoms with Crippen LogP contribution in [-0.4, -0.2) is 28.5 Å². The highest BCUT2D eigenvalue weighted by atomic mass is 16.5. The maximum absolute atomic E-state index is 10.6. The Morgan fingerprint density at radius 2 is 2.57 bits per heavy atom. The van der Waals surface area contributed by atoms with Crippen LogP contribution in [0.3, 0.4) is 0 Å². The molecule has 0 bridgehead atoms. The topological polar surface area (TPSA) is 44.1 Å². The van der Waals surface area contributed by atoms with Crippen molar-refractivity contribution in [3.63, 3.8) is 0 Å². The molecule has 1 saturated heterocycles. The Morgan fingerprint density at radius 1 is 1.64 bits per heavy atom. The number of carbonyl (C=O) groups is 1. The first kappa shape index (κ1) is 9.40. The molecule has 1 atom stereocenters. The predicted octanol–water partition coefficient (Wildman–Crippen LogP) is 1.26. The van der Waals surface area contributed by atoms with Gasteiger partial charge in [-0.15, -0.1) is 0 Å². The molecule has 1 aliphatic heterocycles. The van der Waals surface area contributed by atoms with Crippen molar-refractivity contribution in [1.29, 1.82) is 0 Å². The maximum Gasteiger partial charge on any atom is 0.168 e. The van der Waals surface area contributed by atoms with E-state index in [9.17, 15) is 4.79 Å². The SMILES string of the molecule is O=Cc1cncn1CC1CCCCO1. The van der Waals surface area contributed by atoms with Crippen LogP contribution in [-0.2, 0) is 11.3 Å². The smallest absolute Gasteiger partial charge is 0.168 e. The van der Waals surface area contributed by atoms with E-state index in [-0.39, 0.29) is 6.10 Å². The number of hydrogen-bond acceptors (Lipinski definition) is 3. The Balaban J connectivity index is 1.98. The third-order valence-corrected chi connectivity index (χ3v) is 2.54. The first-order chi connectivity index (χ1) is 6.90. The number of nitrogens with zero attached hydrogens (tertiary/aromatic N) is 2. The van der Waals surface area contributed by atoms with Gasteiger partial charge in [-0.1, -0.05) is 0 Å². The van der Waals surface area contributed by atoms with Crippen molar-refractivity contribution in [3.8, 4) is 0 Å². The Hall–Kier alpha value is -1.16. The predicted molar refractivity (Wildman–Crippen MR) is 51.2 cm³/mol. The van der Waals surface area contributed by atoms with Crippen LogP contribution in [0.2, 0.25) is 0 Å². The lowest BCUT2D eigenvalue weighted by Gasteiger charge is -2.23. The minimum Gasteiger partial charge on any atom is -0.376 e. The normalized spacial score (nSPS) is 22.1. The van der Waals surface area contributed by atoms with Crippen molar-refractivity contribution in [2.75, 3.05) is 6.61 Å². The van der Waals surface area contributed by atoms with Crippen molar-refractivity contribution in [3.05, 3.63) is 18.2 Å². The standard InChI is InChI=1S/C10H14N2O2/c13-7-9-5-11-8-12(9)6-10-3-1-2-4-14-10/h5,7-8,10H,1-4,6H2. The van der Waals surface area contributed by atoms with Crippen LogP contribution in [0, 0.1) is 0 Å². The van der Waals surface area contributed by atoms with Crippen LogP contribution < -0.4 is 0 Å². The van der Waals surface area contributed by atoms with Gasteiger partial charge in [-0.25, -0.2) is 4.98 Å². The van der Waals surface area contributed by atoms with Gasteiger partial charge in [0.1, 0.15) is 5.69 Å². The fourth-order valence-electron chi connectivity index (χ4n) is 1.75. The van der Waals surface area contributed by atoms with Gasteiger partial charge < -0.3 is 9.30 Å². The van der Waals surface area contributed by atoms with Gasteiger partial charge >= 0.3 is 0 Å². The van der Waals surface area contributed by atoms with E-state index < -0.39 is 0 Å². The van der Waals surface area contributed by atoms with Gasteiger partial charge in [0.15, 0.2) is 6.29 Å². The Morgan fingerprint density at radius 3 is 3.29 bits per heavy atom. The minimum absolute atomic E-state index is 0.247. The zero-order valence-corrected chi connectivity index (χ0v) is 8.06. The Kier molecular flexibility index (Phi) is 2.93. The van der Waals surface area contributed by atoms with E-state index >= 15 is 0 Å². The molecule has 76 valence electrons. The van der Waals surface area contributed by atoms with Crippen LogP contribution in [0.4, 0.5) is 0 Å². The summed E-state index contributed by atoms with van der Waals surface area (Å²) in [6.45, 7) is 1.59. The summed E-state index contributed by atoms with van der Waals surface area (Å²) in [7, 11) is 0. The number of aromatic nitrogens is 2. The average molecular weight is 194 g/mol. The first-order valence-electron chi connectivity index (χ1n) is 4.97. The van der Waals surface area contributed by atoms with Gasteiger partial charge in [0, 0.05) is 6.61 Å². The lowest BCUT2D eigenvalue weighted by molar-refractivity contribution is 0.00576. The number of hydrogen-bond donors (Lipinski definition) is 0. The van der Waals surface area contributed by atoms with Crippen LogP contribution in [0.25, 0.3) is 0 Å². The molecule has 1 aliphatic rings. The summed E-state index contributed by atoms with van der Waals surface area (Å²) >= 11 is 0. The average Bonchev–Trinajstić information content (AvgIpc) is 2.67. The second-order valence-corrected chi connectivity index (χ2v) is 3.58. The molecule has 4 heteroatoms. The number of ether oxygens (including phenoxy) is 1. The zero-order valence-electron chi connectivity index (χ0n) is 8.06. The van der Waals surface area contributed by atoms with Crippen LogP contribution >= 0.6 is 0 Å². The molecule has 1 unspecified atom stereocenters. The molecule has 1 fully saturated rings. The van der Waals surface area contributed by atoms with Gasteiger partial charge in [-0.3, -0.25) is 4.79 Å². The second-order valence-electron chi connectivity index (χ2n) is 3.58. The molecule has 14 heavy (non-hydrogen) atoms. The molecule has 4 nitrogen and oxygen atoms in total. The summed E-state index contributed by atoms with van der Waals surface area (Å²) in [5.74, 6) is 0. The molecular formula is C10H14N2O2. The zero-order chi connectivity index (χ0) is 9.80. The summed E-state index contributed by atoms with van der Waals surface area (Å²) in [5.41, 5.74) is 0.624. The monoisotopic (exact) mass is 194 g/mol. The molecule has 1 aromatic rings.